The summed E-state index contributed by atoms with van der Waals surface area (Å²) in [5, 5.41) is 10.3. The Bertz CT molecular complexity index is 1180. The SMILES string of the molecule is COCCCC1COC(CCc2ccc3c(F)c(CCc4ccc(C#N)c(F)c4)ccc3c2)OC1. The molecule has 0 aromatic heterocycles. The van der Waals surface area contributed by atoms with E-state index in [2.05, 4.69) is 0 Å². The number of fused-ring (bicyclic) bond motifs is 1. The molecule has 0 bridgehead atoms. The van der Waals surface area contributed by atoms with Crippen LogP contribution in [0.4, 0.5) is 8.78 Å². The van der Waals surface area contributed by atoms with Crippen LogP contribution in [0.2, 0.25) is 0 Å². The van der Waals surface area contributed by atoms with Crippen LogP contribution in [0.15, 0.2) is 48.5 Å². The molecule has 1 heterocycles. The summed E-state index contributed by atoms with van der Waals surface area (Å²) in [5.74, 6) is -0.348. The van der Waals surface area contributed by atoms with Crippen molar-refractivity contribution >= 4 is 10.8 Å². The smallest absolute Gasteiger partial charge is 0.157 e. The van der Waals surface area contributed by atoms with Crippen LogP contribution in [-0.2, 0) is 33.5 Å². The average Bonchev–Trinajstić information content (AvgIpc) is 2.88. The second-order valence-corrected chi connectivity index (χ2v) is 9.16. The molecule has 184 valence electrons. The van der Waals surface area contributed by atoms with Gasteiger partial charge in [-0.15, -0.1) is 0 Å². The van der Waals surface area contributed by atoms with Gasteiger partial charge in [-0.25, -0.2) is 8.78 Å². The van der Waals surface area contributed by atoms with Gasteiger partial charge in [0.25, 0.3) is 0 Å². The predicted octanol–water partition coefficient (Wildman–Crippen LogP) is 6.12. The highest BCUT2D eigenvalue weighted by Crippen LogP contribution is 2.25. The van der Waals surface area contributed by atoms with Gasteiger partial charge in [0.1, 0.15) is 17.7 Å². The van der Waals surface area contributed by atoms with Gasteiger partial charge >= 0.3 is 0 Å². The Hall–Kier alpha value is -2.85. The van der Waals surface area contributed by atoms with Crippen molar-refractivity contribution in [2.24, 2.45) is 5.92 Å². The lowest BCUT2D eigenvalue weighted by molar-refractivity contribution is -0.203. The summed E-state index contributed by atoms with van der Waals surface area (Å²) in [6.07, 6.45) is 4.37. The predicted molar refractivity (Wildman–Crippen MR) is 131 cm³/mol. The summed E-state index contributed by atoms with van der Waals surface area (Å²) in [6.45, 7) is 2.20. The van der Waals surface area contributed by atoms with Crippen molar-refractivity contribution in [3.05, 3.63) is 82.4 Å². The Kier molecular flexibility index (Phi) is 8.81. The van der Waals surface area contributed by atoms with E-state index in [0.29, 0.717) is 29.7 Å². The van der Waals surface area contributed by atoms with Gasteiger partial charge in [0.2, 0.25) is 0 Å². The van der Waals surface area contributed by atoms with Crippen LogP contribution in [0.3, 0.4) is 0 Å². The maximum absolute atomic E-state index is 15.2. The van der Waals surface area contributed by atoms with Gasteiger partial charge < -0.3 is 14.2 Å². The quantitative estimate of drug-likeness (QED) is 0.329. The number of hydrogen-bond acceptors (Lipinski definition) is 4. The molecule has 1 aliphatic heterocycles. The lowest BCUT2D eigenvalue weighted by atomic mass is 9.97. The second kappa shape index (κ2) is 12.2. The molecular formula is C29H31F2NO3. The number of hydrogen-bond donors (Lipinski definition) is 0. The fourth-order valence-corrected chi connectivity index (χ4v) is 4.54. The lowest BCUT2D eigenvalue weighted by Gasteiger charge is -2.29. The number of halogens is 2. The third-order valence-corrected chi connectivity index (χ3v) is 6.60. The Morgan fingerprint density at radius 2 is 1.71 bits per heavy atom. The topological polar surface area (TPSA) is 51.5 Å². The van der Waals surface area contributed by atoms with Crippen LogP contribution in [0, 0.1) is 28.9 Å². The molecule has 4 rings (SSSR count). The van der Waals surface area contributed by atoms with Crippen LogP contribution in [0.25, 0.3) is 10.8 Å². The van der Waals surface area contributed by atoms with Crippen molar-refractivity contribution in [2.45, 2.75) is 44.8 Å². The average molecular weight is 480 g/mol. The van der Waals surface area contributed by atoms with E-state index in [1.807, 2.05) is 30.3 Å². The van der Waals surface area contributed by atoms with Crippen molar-refractivity contribution in [3.63, 3.8) is 0 Å². The molecule has 0 amide bonds. The van der Waals surface area contributed by atoms with E-state index in [4.69, 9.17) is 19.5 Å². The number of rotatable bonds is 10. The number of nitriles is 1. The summed E-state index contributed by atoms with van der Waals surface area (Å²) in [5.41, 5.74) is 2.47. The zero-order chi connectivity index (χ0) is 24.6. The summed E-state index contributed by atoms with van der Waals surface area (Å²) >= 11 is 0. The molecule has 4 nitrogen and oxygen atoms in total. The number of methoxy groups -OCH3 is 1. The Labute approximate surface area is 205 Å². The molecule has 0 spiro atoms. The summed E-state index contributed by atoms with van der Waals surface area (Å²) in [7, 11) is 1.71. The van der Waals surface area contributed by atoms with Gasteiger partial charge in [0.05, 0.1) is 18.8 Å². The van der Waals surface area contributed by atoms with Crippen LogP contribution in [0.5, 0.6) is 0 Å². The Balaban J connectivity index is 1.32. The fraction of sp³-hybridized carbons (Fsp3) is 0.414. The van der Waals surface area contributed by atoms with E-state index in [9.17, 15) is 4.39 Å². The van der Waals surface area contributed by atoms with Gasteiger partial charge in [0, 0.05) is 31.4 Å². The second-order valence-electron chi connectivity index (χ2n) is 9.16. The van der Waals surface area contributed by atoms with E-state index in [1.54, 1.807) is 19.2 Å². The zero-order valence-electron chi connectivity index (χ0n) is 20.1. The number of nitrogens with zero attached hydrogens (tertiary/aromatic N) is 1. The number of aryl methyl sites for hydroxylation is 3. The van der Waals surface area contributed by atoms with Crippen molar-refractivity contribution < 1.29 is 23.0 Å². The molecule has 1 fully saturated rings. The zero-order valence-corrected chi connectivity index (χ0v) is 20.1. The van der Waals surface area contributed by atoms with Gasteiger partial charge in [-0.05, 0) is 66.3 Å². The molecule has 0 aliphatic carbocycles. The van der Waals surface area contributed by atoms with Crippen molar-refractivity contribution in [3.8, 4) is 6.07 Å². The third kappa shape index (κ3) is 6.64. The maximum Gasteiger partial charge on any atom is 0.157 e. The molecular weight excluding hydrogens is 448 g/mol. The largest absolute Gasteiger partial charge is 0.385 e. The summed E-state index contributed by atoms with van der Waals surface area (Å²) < 4.78 is 45.9. The van der Waals surface area contributed by atoms with E-state index in [0.717, 1.165) is 62.0 Å². The lowest BCUT2D eigenvalue weighted by Crippen LogP contribution is -2.32. The van der Waals surface area contributed by atoms with Gasteiger partial charge in [0.15, 0.2) is 6.29 Å². The molecule has 0 N–H and O–H groups in total. The molecule has 0 atom stereocenters. The van der Waals surface area contributed by atoms with Crippen molar-refractivity contribution in [2.75, 3.05) is 26.9 Å². The third-order valence-electron chi connectivity index (χ3n) is 6.60. The molecule has 1 saturated heterocycles. The highest BCUT2D eigenvalue weighted by atomic mass is 19.1. The minimum absolute atomic E-state index is 0.0187. The first-order valence-corrected chi connectivity index (χ1v) is 12.2. The van der Waals surface area contributed by atoms with E-state index in [1.165, 1.54) is 12.1 Å². The first-order chi connectivity index (χ1) is 17.1. The number of ether oxygens (including phenoxy) is 3. The van der Waals surface area contributed by atoms with Gasteiger partial charge in [-0.1, -0.05) is 36.4 Å². The number of benzene rings is 3. The maximum atomic E-state index is 15.2. The Morgan fingerprint density at radius 1 is 0.943 bits per heavy atom. The first kappa shape index (κ1) is 25.2. The summed E-state index contributed by atoms with van der Waals surface area (Å²) in [4.78, 5) is 0. The minimum atomic E-state index is -0.539. The van der Waals surface area contributed by atoms with Crippen LogP contribution < -0.4 is 0 Å². The normalized spacial score (nSPS) is 18.0. The highest BCUT2D eigenvalue weighted by molar-refractivity contribution is 5.84. The minimum Gasteiger partial charge on any atom is -0.385 e. The van der Waals surface area contributed by atoms with Crippen LogP contribution >= 0.6 is 0 Å². The fourth-order valence-electron chi connectivity index (χ4n) is 4.54. The molecule has 0 unspecified atom stereocenters. The van der Waals surface area contributed by atoms with Gasteiger partial charge in [-0.2, -0.15) is 5.26 Å². The monoisotopic (exact) mass is 479 g/mol. The van der Waals surface area contributed by atoms with E-state index in [-0.39, 0.29) is 17.7 Å². The van der Waals surface area contributed by atoms with Crippen LogP contribution in [0.1, 0.15) is 41.5 Å². The first-order valence-electron chi connectivity index (χ1n) is 12.2. The molecule has 6 heteroatoms. The van der Waals surface area contributed by atoms with Crippen LogP contribution in [-0.4, -0.2) is 33.2 Å². The van der Waals surface area contributed by atoms with Gasteiger partial charge in [-0.3, -0.25) is 0 Å². The highest BCUT2D eigenvalue weighted by Gasteiger charge is 2.22. The summed E-state index contributed by atoms with van der Waals surface area (Å²) in [6, 6.07) is 15.9. The molecule has 3 aromatic carbocycles. The molecule has 0 saturated carbocycles. The Morgan fingerprint density at radius 3 is 2.46 bits per heavy atom. The van der Waals surface area contributed by atoms with Crippen molar-refractivity contribution in [1.29, 1.82) is 5.26 Å². The van der Waals surface area contributed by atoms with Crippen molar-refractivity contribution in [1.82, 2.24) is 0 Å². The molecule has 1 aliphatic rings. The molecule has 3 aromatic rings. The van der Waals surface area contributed by atoms with E-state index >= 15 is 4.39 Å². The molecule has 0 radical (unpaired) electrons. The van der Waals surface area contributed by atoms with E-state index < -0.39 is 5.82 Å². The molecule has 35 heavy (non-hydrogen) atoms. The standard InChI is InChI=1S/C29H31F2NO3/c1-33-14-2-3-22-18-34-28(35-19-22)13-7-20-6-12-26-24(15-20)11-10-23(29(26)31)8-4-21-5-9-25(17-32)27(30)16-21/h5-6,9-12,15-16,22,28H,2-4,7-8,13-14,18-19H2,1H3.